The number of imidazole rings is 1. The van der Waals surface area contributed by atoms with Crippen molar-refractivity contribution >= 4 is 18.3 Å². The van der Waals surface area contributed by atoms with E-state index in [1.54, 1.807) is 0 Å². The van der Waals surface area contributed by atoms with Crippen LogP contribution in [-0.2, 0) is 11.8 Å². The van der Waals surface area contributed by atoms with Crippen molar-refractivity contribution in [3.05, 3.63) is 18.2 Å². The minimum Gasteiger partial charge on any atom is -0.352 e. The highest BCUT2D eigenvalue weighted by Crippen LogP contribution is 2.29. The molecule has 25 heavy (non-hydrogen) atoms. The van der Waals surface area contributed by atoms with E-state index < -0.39 is 0 Å². The van der Waals surface area contributed by atoms with Gasteiger partial charge in [0, 0.05) is 45.1 Å². The highest BCUT2D eigenvalue weighted by atomic mass is 35.5. The molecule has 1 amide bonds. The minimum atomic E-state index is 0. The normalized spacial score (nSPS) is 30.5. The van der Waals surface area contributed by atoms with Crippen LogP contribution in [0.1, 0.15) is 45.0 Å². The van der Waals surface area contributed by atoms with Crippen molar-refractivity contribution in [2.24, 2.45) is 18.9 Å². The largest absolute Gasteiger partial charge is 0.352 e. The number of piperazine rings is 1. The Kier molecular flexibility index (Phi) is 7.28. The van der Waals surface area contributed by atoms with Crippen LogP contribution in [0.3, 0.4) is 0 Å². The van der Waals surface area contributed by atoms with Crippen molar-refractivity contribution in [1.29, 1.82) is 0 Å². The van der Waals surface area contributed by atoms with Crippen LogP contribution in [-0.4, -0.2) is 52.6 Å². The van der Waals surface area contributed by atoms with Crippen LogP contribution in [0.15, 0.2) is 12.4 Å². The predicted octanol–water partition coefficient (Wildman–Crippen LogP) is 1.73. The lowest BCUT2D eigenvalue weighted by Gasteiger charge is -2.37. The molecule has 0 bridgehead atoms. The standard InChI is InChI=1S/C18H31N5O.ClH/c1-13-5-4-6-15(14(13)2)21-17(24)12-23-10-7-19-11-16(23)18-20-8-9-22(18)3;/h8-9,13-16,19H,4-7,10-12H2,1-3H3,(H,21,24);1H. The lowest BCUT2D eigenvalue weighted by atomic mass is 9.78. The summed E-state index contributed by atoms with van der Waals surface area (Å²) >= 11 is 0. The summed E-state index contributed by atoms with van der Waals surface area (Å²) in [6, 6.07) is 0.489. The average Bonchev–Trinajstić information content (AvgIpc) is 2.98. The topological polar surface area (TPSA) is 62.2 Å². The molecule has 1 aliphatic carbocycles. The molecule has 6 nitrogen and oxygen atoms in total. The number of carbonyl (C=O) groups excluding carboxylic acids is 1. The molecule has 1 saturated carbocycles. The molecule has 4 atom stereocenters. The zero-order chi connectivity index (χ0) is 17.1. The van der Waals surface area contributed by atoms with Gasteiger partial charge in [-0.1, -0.05) is 26.7 Å². The molecule has 1 aromatic rings. The van der Waals surface area contributed by atoms with Gasteiger partial charge in [0.05, 0.1) is 12.6 Å². The van der Waals surface area contributed by atoms with Crippen molar-refractivity contribution in [2.75, 3.05) is 26.2 Å². The lowest BCUT2D eigenvalue weighted by molar-refractivity contribution is -0.124. The number of nitrogens with zero attached hydrogens (tertiary/aromatic N) is 3. The molecule has 2 aliphatic rings. The molecule has 3 rings (SSSR count). The number of hydrogen-bond donors (Lipinski definition) is 2. The van der Waals surface area contributed by atoms with Crippen molar-refractivity contribution < 1.29 is 4.79 Å². The van der Waals surface area contributed by atoms with Gasteiger partial charge in [0.15, 0.2) is 0 Å². The zero-order valence-electron chi connectivity index (χ0n) is 15.6. The number of carbonyl (C=O) groups is 1. The number of aromatic nitrogens is 2. The summed E-state index contributed by atoms with van der Waals surface area (Å²) in [4.78, 5) is 19.4. The van der Waals surface area contributed by atoms with Crippen LogP contribution in [0.2, 0.25) is 0 Å². The second kappa shape index (κ2) is 9.01. The fraction of sp³-hybridized carbons (Fsp3) is 0.778. The van der Waals surface area contributed by atoms with Gasteiger partial charge < -0.3 is 15.2 Å². The van der Waals surface area contributed by atoms with Crippen LogP contribution in [0, 0.1) is 11.8 Å². The smallest absolute Gasteiger partial charge is 0.234 e. The number of rotatable bonds is 4. The van der Waals surface area contributed by atoms with Crippen molar-refractivity contribution in [3.8, 4) is 0 Å². The van der Waals surface area contributed by atoms with Gasteiger partial charge in [-0.25, -0.2) is 4.98 Å². The number of aryl methyl sites for hydroxylation is 1. The molecule has 1 saturated heterocycles. The first-order chi connectivity index (χ1) is 11.6. The van der Waals surface area contributed by atoms with E-state index in [0.717, 1.165) is 31.9 Å². The summed E-state index contributed by atoms with van der Waals surface area (Å²) in [6.45, 7) is 7.67. The molecule has 0 radical (unpaired) electrons. The first kappa shape index (κ1) is 20.2. The molecule has 1 aromatic heterocycles. The molecular weight excluding hydrogens is 338 g/mol. The minimum absolute atomic E-state index is 0. The predicted molar refractivity (Wildman–Crippen MR) is 102 cm³/mol. The zero-order valence-corrected chi connectivity index (χ0v) is 16.4. The maximum Gasteiger partial charge on any atom is 0.234 e. The Morgan fingerprint density at radius 3 is 2.92 bits per heavy atom. The van der Waals surface area contributed by atoms with E-state index in [-0.39, 0.29) is 24.4 Å². The lowest BCUT2D eigenvalue weighted by Crippen LogP contribution is -2.52. The van der Waals surface area contributed by atoms with Gasteiger partial charge >= 0.3 is 0 Å². The summed E-state index contributed by atoms with van der Waals surface area (Å²) in [5.74, 6) is 2.44. The fourth-order valence-corrected chi connectivity index (χ4v) is 4.11. The number of hydrogen-bond acceptors (Lipinski definition) is 4. The highest BCUT2D eigenvalue weighted by molar-refractivity contribution is 5.85. The highest BCUT2D eigenvalue weighted by Gasteiger charge is 2.31. The third-order valence-electron chi connectivity index (χ3n) is 5.91. The Morgan fingerprint density at radius 1 is 1.40 bits per heavy atom. The molecule has 2 fully saturated rings. The first-order valence-electron chi connectivity index (χ1n) is 9.27. The van der Waals surface area contributed by atoms with Gasteiger partial charge in [0.2, 0.25) is 5.91 Å². The Labute approximate surface area is 157 Å². The maximum absolute atomic E-state index is 12.6. The molecule has 2 N–H and O–H groups in total. The van der Waals surface area contributed by atoms with E-state index >= 15 is 0 Å². The molecular formula is C18H32ClN5O. The molecule has 1 aliphatic heterocycles. The summed E-state index contributed by atoms with van der Waals surface area (Å²) < 4.78 is 2.05. The Bertz CT molecular complexity index is 563. The van der Waals surface area contributed by atoms with Gasteiger partial charge in [0.25, 0.3) is 0 Å². The van der Waals surface area contributed by atoms with Gasteiger partial charge in [-0.15, -0.1) is 12.4 Å². The van der Waals surface area contributed by atoms with Crippen LogP contribution < -0.4 is 10.6 Å². The van der Waals surface area contributed by atoms with E-state index in [1.165, 1.54) is 12.8 Å². The van der Waals surface area contributed by atoms with Crippen LogP contribution in [0.25, 0.3) is 0 Å². The molecule has 4 unspecified atom stereocenters. The average molecular weight is 370 g/mol. The third kappa shape index (κ3) is 4.74. The van der Waals surface area contributed by atoms with Gasteiger partial charge in [-0.3, -0.25) is 9.69 Å². The number of amides is 1. The van der Waals surface area contributed by atoms with Crippen molar-refractivity contribution in [1.82, 2.24) is 25.1 Å². The monoisotopic (exact) mass is 369 g/mol. The Morgan fingerprint density at radius 2 is 2.20 bits per heavy atom. The summed E-state index contributed by atoms with van der Waals surface area (Å²) in [5.41, 5.74) is 0. The molecule has 7 heteroatoms. The SMILES string of the molecule is CC1CCCC(NC(=O)CN2CCNCC2c2nccn2C)C1C.Cl. The van der Waals surface area contributed by atoms with Crippen LogP contribution in [0.4, 0.5) is 0 Å². The fourth-order valence-electron chi connectivity index (χ4n) is 4.11. The second-order valence-corrected chi connectivity index (χ2v) is 7.53. The Hall–Kier alpha value is -1.11. The second-order valence-electron chi connectivity index (χ2n) is 7.53. The van der Waals surface area contributed by atoms with Crippen LogP contribution in [0.5, 0.6) is 0 Å². The molecule has 0 spiro atoms. The third-order valence-corrected chi connectivity index (χ3v) is 5.91. The van der Waals surface area contributed by atoms with Crippen LogP contribution >= 0.6 is 12.4 Å². The number of halogens is 1. The quantitative estimate of drug-likeness (QED) is 0.848. The van der Waals surface area contributed by atoms with Gasteiger partial charge in [0.1, 0.15) is 5.82 Å². The van der Waals surface area contributed by atoms with Gasteiger partial charge in [-0.2, -0.15) is 0 Å². The van der Waals surface area contributed by atoms with Crippen molar-refractivity contribution in [2.45, 2.75) is 45.2 Å². The van der Waals surface area contributed by atoms with E-state index in [4.69, 9.17) is 0 Å². The van der Waals surface area contributed by atoms with E-state index in [2.05, 4.69) is 34.4 Å². The summed E-state index contributed by atoms with van der Waals surface area (Å²) in [5, 5.41) is 6.72. The first-order valence-corrected chi connectivity index (χ1v) is 9.27. The van der Waals surface area contributed by atoms with Crippen molar-refractivity contribution in [3.63, 3.8) is 0 Å². The molecule has 142 valence electrons. The maximum atomic E-state index is 12.6. The van der Waals surface area contributed by atoms with E-state index in [0.29, 0.717) is 24.4 Å². The van der Waals surface area contributed by atoms with Gasteiger partial charge in [-0.05, 0) is 18.3 Å². The van der Waals surface area contributed by atoms with E-state index in [9.17, 15) is 4.79 Å². The summed E-state index contributed by atoms with van der Waals surface area (Å²) in [6.07, 6.45) is 7.41. The molecule has 0 aromatic carbocycles. The Balaban J connectivity index is 0.00000225. The summed E-state index contributed by atoms with van der Waals surface area (Å²) in [7, 11) is 2.01. The molecule has 2 heterocycles. The van der Waals surface area contributed by atoms with E-state index in [1.807, 2.05) is 24.0 Å². The number of nitrogens with one attached hydrogen (secondary N) is 2.